The Bertz CT molecular complexity index is 628. The van der Waals surface area contributed by atoms with Crippen LogP contribution in [0.2, 0.25) is 0 Å². The van der Waals surface area contributed by atoms with E-state index in [1.807, 2.05) is 6.08 Å². The monoisotopic (exact) mass is 381 g/mol. The summed E-state index contributed by atoms with van der Waals surface area (Å²) in [4.78, 5) is 26.7. The largest absolute Gasteiger partial charge is 0.459 e. The Hall–Kier alpha value is -1.70. The summed E-state index contributed by atoms with van der Waals surface area (Å²) in [6.07, 6.45) is 2.87. The first-order chi connectivity index (χ1) is 12.6. The Morgan fingerprint density at radius 1 is 1.41 bits per heavy atom. The molecule has 0 aromatic rings. The van der Waals surface area contributed by atoms with Gasteiger partial charge in [-0.2, -0.15) is 0 Å². The highest BCUT2D eigenvalue weighted by atomic mass is 16.6. The molecule has 0 amide bonds. The van der Waals surface area contributed by atoms with Gasteiger partial charge in [0.1, 0.15) is 12.7 Å². The van der Waals surface area contributed by atoms with Crippen molar-refractivity contribution in [2.24, 2.45) is 5.92 Å². The van der Waals surface area contributed by atoms with Crippen LogP contribution in [0.25, 0.3) is 0 Å². The molecule has 1 fully saturated rings. The molecule has 0 radical (unpaired) electrons. The molecule has 2 rings (SSSR count). The van der Waals surface area contributed by atoms with Crippen LogP contribution in [0.3, 0.4) is 0 Å². The first-order valence-electron chi connectivity index (χ1n) is 9.47. The number of aliphatic hydroxyl groups excluding tert-OH is 1. The summed E-state index contributed by atoms with van der Waals surface area (Å²) < 4.78 is 11.0. The van der Waals surface area contributed by atoms with Crippen LogP contribution in [0, 0.1) is 5.92 Å². The zero-order valence-electron chi connectivity index (χ0n) is 16.8. The van der Waals surface area contributed by atoms with Crippen molar-refractivity contribution in [3.63, 3.8) is 0 Å². The van der Waals surface area contributed by atoms with Crippen LogP contribution in [-0.2, 0) is 19.1 Å². The van der Waals surface area contributed by atoms with Crippen molar-refractivity contribution in [3.05, 3.63) is 23.3 Å². The zero-order chi connectivity index (χ0) is 20.4. The van der Waals surface area contributed by atoms with Gasteiger partial charge in [0, 0.05) is 18.7 Å². The van der Waals surface area contributed by atoms with Gasteiger partial charge in [0.15, 0.2) is 5.60 Å². The predicted octanol–water partition coefficient (Wildman–Crippen LogP) is 1.19. The van der Waals surface area contributed by atoms with E-state index in [9.17, 15) is 19.8 Å². The van der Waals surface area contributed by atoms with Crippen LogP contribution < -0.4 is 0 Å². The molecule has 2 aliphatic rings. The summed E-state index contributed by atoms with van der Waals surface area (Å²) in [6.45, 7) is 9.68. The maximum absolute atomic E-state index is 12.4. The van der Waals surface area contributed by atoms with Crippen LogP contribution in [0.1, 0.15) is 41.0 Å². The normalized spacial score (nSPS) is 26.4. The summed E-state index contributed by atoms with van der Waals surface area (Å²) in [5.74, 6) is -1.68. The second-order valence-electron chi connectivity index (χ2n) is 7.66. The van der Waals surface area contributed by atoms with Crippen LogP contribution in [0.4, 0.5) is 0 Å². The number of allylic oxidation sites excluding steroid dienone is 1. The number of fused-ring (bicyclic) bond motifs is 1. The zero-order valence-corrected chi connectivity index (χ0v) is 16.8. The van der Waals surface area contributed by atoms with E-state index in [0.717, 1.165) is 18.5 Å². The average molecular weight is 381 g/mol. The topological polar surface area (TPSA) is 96.3 Å². The lowest BCUT2D eigenvalue weighted by Gasteiger charge is -2.32. The molecule has 2 aliphatic heterocycles. The van der Waals surface area contributed by atoms with Crippen molar-refractivity contribution in [2.45, 2.75) is 64.9 Å². The Balaban J connectivity index is 2.03. The molecule has 27 heavy (non-hydrogen) atoms. The summed E-state index contributed by atoms with van der Waals surface area (Å²) in [7, 11) is 0. The predicted molar refractivity (Wildman–Crippen MR) is 99.8 cm³/mol. The Kier molecular flexibility index (Phi) is 6.83. The minimum Gasteiger partial charge on any atom is -0.459 e. The van der Waals surface area contributed by atoms with Gasteiger partial charge in [0.25, 0.3) is 0 Å². The smallest absolute Gasteiger partial charge is 0.341 e. The van der Waals surface area contributed by atoms with E-state index in [1.165, 1.54) is 6.92 Å². The van der Waals surface area contributed by atoms with E-state index in [0.29, 0.717) is 12.1 Å². The quantitative estimate of drug-likeness (QED) is 0.388. The fourth-order valence-corrected chi connectivity index (χ4v) is 3.63. The number of carbonyl (C=O) groups excluding carboxylic acids is 2. The van der Waals surface area contributed by atoms with E-state index in [1.54, 1.807) is 33.8 Å². The Morgan fingerprint density at radius 3 is 2.63 bits per heavy atom. The summed E-state index contributed by atoms with van der Waals surface area (Å²) in [5.41, 5.74) is -0.542. The number of ether oxygens (including phenoxy) is 2. The lowest BCUT2D eigenvalue weighted by Crippen LogP contribution is -2.53. The van der Waals surface area contributed by atoms with Crippen molar-refractivity contribution in [1.29, 1.82) is 0 Å². The SMILES string of the molecule is C/C=C(\C)C(=O)O[C@@H]1CCN2CC=C(COC(=O)[C@](O)(C(C)C)[C@H](C)O)[C@H]12. The van der Waals surface area contributed by atoms with Gasteiger partial charge >= 0.3 is 11.9 Å². The van der Waals surface area contributed by atoms with Crippen LogP contribution >= 0.6 is 0 Å². The third kappa shape index (κ3) is 4.25. The van der Waals surface area contributed by atoms with Crippen molar-refractivity contribution in [3.8, 4) is 0 Å². The molecule has 0 aliphatic carbocycles. The molecule has 7 nitrogen and oxygen atoms in total. The second-order valence-corrected chi connectivity index (χ2v) is 7.66. The minimum atomic E-state index is -1.95. The molecule has 0 saturated carbocycles. The first-order valence-corrected chi connectivity index (χ1v) is 9.47. The lowest BCUT2D eigenvalue weighted by atomic mass is 9.85. The number of hydrogen-bond donors (Lipinski definition) is 2. The molecule has 0 spiro atoms. The third-order valence-corrected chi connectivity index (χ3v) is 5.64. The molecule has 7 heteroatoms. The lowest BCUT2D eigenvalue weighted by molar-refractivity contribution is -0.183. The molecule has 0 aromatic heterocycles. The molecule has 2 N–H and O–H groups in total. The van der Waals surface area contributed by atoms with E-state index in [2.05, 4.69) is 4.90 Å². The molecule has 0 unspecified atom stereocenters. The highest BCUT2D eigenvalue weighted by Gasteiger charge is 2.47. The maximum Gasteiger partial charge on any atom is 0.341 e. The van der Waals surface area contributed by atoms with Gasteiger partial charge in [0.05, 0.1) is 12.1 Å². The van der Waals surface area contributed by atoms with Gasteiger partial charge in [0.2, 0.25) is 0 Å². The van der Waals surface area contributed by atoms with E-state index < -0.39 is 23.6 Å². The van der Waals surface area contributed by atoms with E-state index >= 15 is 0 Å². The molecular formula is C20H31NO6. The van der Waals surface area contributed by atoms with Crippen molar-refractivity contribution in [2.75, 3.05) is 19.7 Å². The molecule has 4 atom stereocenters. The number of carbonyl (C=O) groups is 2. The fourth-order valence-electron chi connectivity index (χ4n) is 3.63. The summed E-state index contributed by atoms with van der Waals surface area (Å²) in [5, 5.41) is 20.4. The van der Waals surface area contributed by atoms with Gasteiger partial charge in [-0.25, -0.2) is 9.59 Å². The van der Waals surface area contributed by atoms with E-state index in [-0.39, 0.29) is 24.7 Å². The van der Waals surface area contributed by atoms with Crippen LogP contribution in [0.5, 0.6) is 0 Å². The molecule has 0 aromatic carbocycles. The fraction of sp³-hybridized carbons (Fsp3) is 0.700. The Morgan fingerprint density at radius 2 is 2.07 bits per heavy atom. The highest BCUT2D eigenvalue weighted by molar-refractivity contribution is 5.87. The Labute approximate surface area is 160 Å². The standard InChI is InChI=1S/C20H31NO6/c1-6-13(4)18(23)27-16-8-10-21-9-7-15(17(16)21)11-26-19(24)20(25,12(2)3)14(5)22/h6-7,12,14,16-17,22,25H,8-11H2,1-5H3/b13-6+/t14-,16+,17+,20-/m0/s1. The number of rotatable bonds is 7. The maximum atomic E-state index is 12.4. The average Bonchev–Trinajstić information content (AvgIpc) is 3.20. The van der Waals surface area contributed by atoms with Gasteiger partial charge < -0.3 is 19.7 Å². The number of esters is 2. The van der Waals surface area contributed by atoms with Gasteiger partial charge in [-0.3, -0.25) is 4.90 Å². The molecule has 1 saturated heterocycles. The van der Waals surface area contributed by atoms with Gasteiger partial charge in [-0.1, -0.05) is 26.0 Å². The molecule has 2 heterocycles. The van der Waals surface area contributed by atoms with Crippen LogP contribution in [0.15, 0.2) is 23.3 Å². The molecule has 0 bridgehead atoms. The number of hydrogen-bond acceptors (Lipinski definition) is 7. The van der Waals surface area contributed by atoms with Crippen molar-refractivity contribution in [1.82, 2.24) is 4.90 Å². The van der Waals surface area contributed by atoms with Gasteiger partial charge in [-0.15, -0.1) is 0 Å². The van der Waals surface area contributed by atoms with Crippen molar-refractivity contribution >= 4 is 11.9 Å². The summed E-state index contributed by atoms with van der Waals surface area (Å²) >= 11 is 0. The molecule has 152 valence electrons. The number of nitrogens with zero attached hydrogens (tertiary/aromatic N) is 1. The first kappa shape index (κ1) is 21.6. The second kappa shape index (κ2) is 8.54. The van der Waals surface area contributed by atoms with Crippen molar-refractivity contribution < 1.29 is 29.3 Å². The summed E-state index contributed by atoms with van der Waals surface area (Å²) in [6, 6.07) is -0.120. The van der Waals surface area contributed by atoms with E-state index in [4.69, 9.17) is 9.47 Å². The highest BCUT2D eigenvalue weighted by Crippen LogP contribution is 2.32. The van der Waals surface area contributed by atoms with Gasteiger partial charge in [-0.05, 0) is 38.7 Å². The van der Waals surface area contributed by atoms with Crippen LogP contribution in [-0.4, -0.2) is 70.6 Å². The number of aliphatic hydroxyl groups is 2. The minimum absolute atomic E-state index is 0.00159. The molecular weight excluding hydrogens is 350 g/mol. The third-order valence-electron chi connectivity index (χ3n) is 5.64.